The summed E-state index contributed by atoms with van der Waals surface area (Å²) >= 11 is 1.41. The Morgan fingerprint density at radius 3 is 2.39 bits per heavy atom. The van der Waals surface area contributed by atoms with Crippen LogP contribution in [0.25, 0.3) is 0 Å². The molecule has 166 valence electrons. The summed E-state index contributed by atoms with van der Waals surface area (Å²) < 4.78 is 13.2. The van der Waals surface area contributed by atoms with Gasteiger partial charge in [0.05, 0.1) is 4.88 Å². The van der Waals surface area contributed by atoms with Gasteiger partial charge >= 0.3 is 0 Å². The highest BCUT2D eigenvalue weighted by Crippen LogP contribution is 2.24. The normalized spacial score (nSPS) is 15.5. The zero-order valence-corrected chi connectivity index (χ0v) is 18.6. The average molecular weight is 446 g/mol. The maximum Gasteiger partial charge on any atom is 0.263 e. The van der Waals surface area contributed by atoms with Crippen LogP contribution in [0.5, 0.6) is 0 Å². The Kier molecular flexibility index (Phi) is 7.79. The lowest BCUT2D eigenvalue weighted by Gasteiger charge is -2.35. The quantitative estimate of drug-likeness (QED) is 0.686. The first kappa shape index (κ1) is 22.9. The minimum Gasteiger partial charge on any atom is -0.354 e. The topological polar surface area (TPSA) is 78.5 Å². The molecular weight excluding hydrogens is 417 g/mol. The second-order valence-corrected chi connectivity index (χ2v) is 9.15. The molecule has 1 fully saturated rings. The molecule has 0 spiro atoms. The second-order valence-electron chi connectivity index (χ2n) is 8.20. The molecule has 6 nitrogen and oxygen atoms in total. The van der Waals surface area contributed by atoms with Gasteiger partial charge in [-0.3, -0.25) is 14.4 Å². The van der Waals surface area contributed by atoms with Crippen molar-refractivity contribution < 1.29 is 18.8 Å². The van der Waals surface area contributed by atoms with E-state index in [1.807, 2.05) is 31.4 Å². The van der Waals surface area contributed by atoms with Gasteiger partial charge in [-0.05, 0) is 60.4 Å². The highest BCUT2D eigenvalue weighted by Gasteiger charge is 2.34. The number of carbonyl (C=O) groups excluding carboxylic acids is 3. The Bertz CT molecular complexity index is 891. The van der Waals surface area contributed by atoms with E-state index in [2.05, 4.69) is 10.6 Å². The number of thiophene rings is 1. The molecule has 0 radical (unpaired) electrons. The number of halogens is 1. The zero-order valence-electron chi connectivity index (χ0n) is 17.8. The number of piperidine rings is 1. The van der Waals surface area contributed by atoms with E-state index >= 15 is 0 Å². The van der Waals surface area contributed by atoms with E-state index in [-0.39, 0.29) is 23.7 Å². The molecule has 1 aliphatic heterocycles. The first-order chi connectivity index (χ1) is 14.8. The Hall–Kier alpha value is -2.74. The number of nitrogens with zero attached hydrogens (tertiary/aromatic N) is 1. The van der Waals surface area contributed by atoms with Gasteiger partial charge in [0.2, 0.25) is 5.91 Å². The van der Waals surface area contributed by atoms with Crippen molar-refractivity contribution in [3.63, 3.8) is 0 Å². The summed E-state index contributed by atoms with van der Waals surface area (Å²) in [5.74, 6) is -0.879. The number of hydrogen-bond donors (Lipinski definition) is 2. The van der Waals surface area contributed by atoms with Crippen LogP contribution in [0.3, 0.4) is 0 Å². The highest BCUT2D eigenvalue weighted by atomic mass is 32.1. The molecule has 1 atom stereocenters. The fourth-order valence-electron chi connectivity index (χ4n) is 3.63. The molecule has 1 aliphatic rings. The fourth-order valence-corrected chi connectivity index (χ4v) is 4.32. The van der Waals surface area contributed by atoms with Gasteiger partial charge in [0.25, 0.3) is 11.8 Å². The number of benzene rings is 1. The molecule has 2 aromatic rings. The Balaban J connectivity index is 1.67. The maximum atomic E-state index is 13.2. The van der Waals surface area contributed by atoms with Crippen molar-refractivity contribution in [1.29, 1.82) is 0 Å². The molecule has 1 aromatic heterocycles. The minimum absolute atomic E-state index is 0.00427. The summed E-state index contributed by atoms with van der Waals surface area (Å²) in [5.41, 5.74) is 0.299. The van der Waals surface area contributed by atoms with Gasteiger partial charge in [0.1, 0.15) is 11.9 Å². The van der Waals surface area contributed by atoms with Crippen LogP contribution in [0.15, 0.2) is 41.8 Å². The lowest BCUT2D eigenvalue weighted by molar-refractivity contribution is -0.124. The SMILES string of the molecule is CC(C)CNC(=O)C(NC(=O)c1ccc(F)cc1)C1CCN(C(=O)c2cccs2)CC1. The first-order valence-corrected chi connectivity index (χ1v) is 11.4. The number of amides is 3. The van der Waals surface area contributed by atoms with E-state index in [4.69, 9.17) is 0 Å². The Labute approximate surface area is 185 Å². The Morgan fingerprint density at radius 1 is 1.13 bits per heavy atom. The predicted octanol–water partition coefficient (Wildman–Crippen LogP) is 3.31. The van der Waals surface area contributed by atoms with E-state index in [9.17, 15) is 18.8 Å². The molecule has 1 unspecified atom stereocenters. The van der Waals surface area contributed by atoms with Crippen LogP contribution in [0.4, 0.5) is 4.39 Å². The fraction of sp³-hybridized carbons (Fsp3) is 0.435. The molecule has 0 saturated carbocycles. The van der Waals surface area contributed by atoms with Crippen molar-refractivity contribution in [3.05, 3.63) is 58.0 Å². The van der Waals surface area contributed by atoms with Crippen LogP contribution < -0.4 is 10.6 Å². The lowest BCUT2D eigenvalue weighted by atomic mass is 9.88. The van der Waals surface area contributed by atoms with Gasteiger partial charge in [-0.25, -0.2) is 4.39 Å². The molecule has 0 bridgehead atoms. The standard InChI is InChI=1S/C23H28FN3O3S/c1-15(2)14-25-22(29)20(26-21(28)17-5-7-18(24)8-6-17)16-9-11-27(12-10-16)23(30)19-4-3-13-31-19/h3-8,13,15-16,20H,9-12,14H2,1-2H3,(H,25,29)(H,26,28). The molecule has 3 rings (SSSR count). The molecule has 0 aliphatic carbocycles. The number of carbonyl (C=O) groups is 3. The second kappa shape index (κ2) is 10.5. The van der Waals surface area contributed by atoms with Crippen LogP contribution in [0.2, 0.25) is 0 Å². The molecular formula is C23H28FN3O3S. The van der Waals surface area contributed by atoms with Gasteiger partial charge in [-0.2, -0.15) is 0 Å². The molecule has 1 aromatic carbocycles. The molecule has 1 saturated heterocycles. The van der Waals surface area contributed by atoms with Gasteiger partial charge in [-0.1, -0.05) is 19.9 Å². The van der Waals surface area contributed by atoms with Gasteiger partial charge < -0.3 is 15.5 Å². The summed E-state index contributed by atoms with van der Waals surface area (Å²) in [6, 6.07) is 8.19. The third kappa shape index (κ3) is 6.13. The summed E-state index contributed by atoms with van der Waals surface area (Å²) in [7, 11) is 0. The number of nitrogens with one attached hydrogen (secondary N) is 2. The van der Waals surface area contributed by atoms with Gasteiger partial charge in [0, 0.05) is 25.2 Å². The van der Waals surface area contributed by atoms with E-state index in [0.717, 1.165) is 0 Å². The van der Waals surface area contributed by atoms with E-state index in [1.54, 1.807) is 4.90 Å². The van der Waals surface area contributed by atoms with Crippen LogP contribution in [0, 0.1) is 17.7 Å². The lowest BCUT2D eigenvalue weighted by Crippen LogP contribution is -2.54. The number of likely N-dealkylation sites (tertiary alicyclic amines) is 1. The maximum absolute atomic E-state index is 13.2. The third-order valence-corrected chi connectivity index (χ3v) is 6.25. The average Bonchev–Trinajstić information content (AvgIpc) is 3.31. The van der Waals surface area contributed by atoms with Crippen molar-refractivity contribution in [3.8, 4) is 0 Å². The minimum atomic E-state index is -0.713. The largest absolute Gasteiger partial charge is 0.354 e. The third-order valence-electron chi connectivity index (χ3n) is 5.39. The first-order valence-electron chi connectivity index (χ1n) is 10.5. The van der Waals surface area contributed by atoms with E-state index in [1.165, 1.54) is 35.6 Å². The molecule has 31 heavy (non-hydrogen) atoms. The molecule has 3 amide bonds. The zero-order chi connectivity index (χ0) is 22.4. The van der Waals surface area contributed by atoms with Crippen molar-refractivity contribution in [2.24, 2.45) is 11.8 Å². The number of rotatable bonds is 7. The van der Waals surface area contributed by atoms with E-state index in [0.29, 0.717) is 42.9 Å². The monoisotopic (exact) mass is 445 g/mol. The highest BCUT2D eigenvalue weighted by molar-refractivity contribution is 7.12. The van der Waals surface area contributed by atoms with Crippen LogP contribution in [-0.2, 0) is 4.79 Å². The van der Waals surface area contributed by atoms with Crippen LogP contribution in [0.1, 0.15) is 46.7 Å². The van der Waals surface area contributed by atoms with Crippen molar-refractivity contribution in [2.75, 3.05) is 19.6 Å². The summed E-state index contributed by atoms with van der Waals surface area (Å²) in [6.07, 6.45) is 1.22. The van der Waals surface area contributed by atoms with E-state index < -0.39 is 17.8 Å². The Morgan fingerprint density at radius 2 is 1.81 bits per heavy atom. The molecule has 2 heterocycles. The van der Waals surface area contributed by atoms with Crippen molar-refractivity contribution >= 4 is 29.1 Å². The van der Waals surface area contributed by atoms with Crippen LogP contribution in [-0.4, -0.2) is 48.3 Å². The van der Waals surface area contributed by atoms with Crippen molar-refractivity contribution in [1.82, 2.24) is 15.5 Å². The smallest absolute Gasteiger partial charge is 0.263 e. The number of hydrogen-bond acceptors (Lipinski definition) is 4. The van der Waals surface area contributed by atoms with Gasteiger partial charge in [-0.15, -0.1) is 11.3 Å². The summed E-state index contributed by atoms with van der Waals surface area (Å²) in [5, 5.41) is 7.63. The van der Waals surface area contributed by atoms with Crippen LogP contribution >= 0.6 is 11.3 Å². The molecule has 8 heteroatoms. The summed E-state index contributed by atoms with van der Waals surface area (Å²) in [6.45, 7) is 5.57. The predicted molar refractivity (Wildman–Crippen MR) is 118 cm³/mol. The molecule has 2 N–H and O–H groups in total. The van der Waals surface area contributed by atoms with Crippen molar-refractivity contribution in [2.45, 2.75) is 32.7 Å². The van der Waals surface area contributed by atoms with Gasteiger partial charge in [0.15, 0.2) is 0 Å². The summed E-state index contributed by atoms with van der Waals surface area (Å²) in [4.78, 5) is 40.7.